The summed E-state index contributed by atoms with van der Waals surface area (Å²) in [6.45, 7) is 6.19. The third-order valence-corrected chi connectivity index (χ3v) is 8.57. The van der Waals surface area contributed by atoms with E-state index in [2.05, 4.69) is 45.1 Å². The molecule has 280 valence electrons. The second-order valence-corrected chi connectivity index (χ2v) is 13.8. The van der Waals surface area contributed by atoms with Crippen molar-refractivity contribution in [2.75, 3.05) is 13.2 Å². The van der Waals surface area contributed by atoms with Crippen molar-refractivity contribution in [3.63, 3.8) is 0 Å². The summed E-state index contributed by atoms with van der Waals surface area (Å²) in [6, 6.07) is 0. The standard InChI is InChI=1S/C41H74O7/c1-4-5-6-7-8-9-10-14-17-20-23-26-30-38(43)39(44)31-28-33-40(45)47-35-37(34-42)48-41(46)32-27-24-21-18-15-12-11-13-16-19-22-25-29-36(2)3/h8-9,14,17,23,26,36-39,42-44H,4-7,10-13,15-16,18-22,24-25,27-35H2,1-3H3/b9-8-,17-14-,26-23-/t37-,38?,39?/m0/s1. The lowest BCUT2D eigenvalue weighted by molar-refractivity contribution is -0.161. The molecule has 0 aliphatic carbocycles. The quantitative estimate of drug-likeness (QED) is 0.0353. The number of hydrogen-bond acceptors (Lipinski definition) is 7. The van der Waals surface area contributed by atoms with E-state index in [-0.39, 0.29) is 25.4 Å². The van der Waals surface area contributed by atoms with Gasteiger partial charge in [0.1, 0.15) is 6.61 Å². The SMILES string of the molecule is CCCCC/C=C\C/C=C\C/C=C\CC(O)C(O)CCCC(=O)OC[C@H](CO)OC(=O)CCCCCCCCCCCCCCC(C)C. The fourth-order valence-electron chi connectivity index (χ4n) is 5.43. The molecule has 3 atom stereocenters. The monoisotopic (exact) mass is 679 g/mol. The minimum absolute atomic E-state index is 0.0714. The lowest BCUT2D eigenvalue weighted by Gasteiger charge is -2.17. The van der Waals surface area contributed by atoms with Gasteiger partial charge in [-0.1, -0.05) is 147 Å². The zero-order chi connectivity index (χ0) is 35.5. The lowest BCUT2D eigenvalue weighted by Crippen LogP contribution is -2.28. The van der Waals surface area contributed by atoms with Gasteiger partial charge in [0.15, 0.2) is 6.10 Å². The highest BCUT2D eigenvalue weighted by atomic mass is 16.6. The first kappa shape index (κ1) is 46.0. The minimum atomic E-state index is -0.930. The zero-order valence-corrected chi connectivity index (χ0v) is 31.1. The van der Waals surface area contributed by atoms with Gasteiger partial charge < -0.3 is 24.8 Å². The number of allylic oxidation sites excluding steroid dienone is 5. The van der Waals surface area contributed by atoms with Gasteiger partial charge in [0.05, 0.1) is 18.8 Å². The Morgan fingerprint density at radius 2 is 1.15 bits per heavy atom. The van der Waals surface area contributed by atoms with Gasteiger partial charge in [0.25, 0.3) is 0 Å². The summed E-state index contributed by atoms with van der Waals surface area (Å²) >= 11 is 0. The second kappa shape index (κ2) is 34.9. The van der Waals surface area contributed by atoms with Gasteiger partial charge in [-0.3, -0.25) is 9.59 Å². The summed E-state index contributed by atoms with van der Waals surface area (Å²) < 4.78 is 10.5. The first-order chi connectivity index (χ1) is 23.3. The molecule has 7 nitrogen and oxygen atoms in total. The number of hydrogen-bond donors (Lipinski definition) is 3. The van der Waals surface area contributed by atoms with E-state index in [1.165, 1.54) is 83.5 Å². The van der Waals surface area contributed by atoms with Crippen LogP contribution in [0.4, 0.5) is 0 Å². The molecule has 0 heterocycles. The van der Waals surface area contributed by atoms with Gasteiger partial charge in [-0.05, 0) is 57.3 Å². The van der Waals surface area contributed by atoms with Gasteiger partial charge in [-0.25, -0.2) is 0 Å². The van der Waals surface area contributed by atoms with Crippen molar-refractivity contribution in [3.05, 3.63) is 36.5 Å². The van der Waals surface area contributed by atoms with Crippen LogP contribution in [-0.4, -0.2) is 58.8 Å². The Hall–Kier alpha value is -1.96. The molecule has 0 aromatic rings. The van der Waals surface area contributed by atoms with Crippen LogP contribution in [0.15, 0.2) is 36.5 Å². The summed E-state index contributed by atoms with van der Waals surface area (Å²) in [5.74, 6) is -0.0492. The number of esters is 2. The molecule has 0 radical (unpaired) electrons. The molecule has 2 unspecified atom stereocenters. The van der Waals surface area contributed by atoms with Crippen molar-refractivity contribution in [1.29, 1.82) is 0 Å². The third kappa shape index (κ3) is 32.6. The van der Waals surface area contributed by atoms with Gasteiger partial charge in [0.2, 0.25) is 0 Å². The molecule has 0 aromatic heterocycles. The third-order valence-electron chi connectivity index (χ3n) is 8.57. The van der Waals surface area contributed by atoms with Crippen molar-refractivity contribution in [3.8, 4) is 0 Å². The predicted octanol–water partition coefficient (Wildman–Crippen LogP) is 9.86. The van der Waals surface area contributed by atoms with Crippen LogP contribution in [0.2, 0.25) is 0 Å². The normalized spacial score (nSPS) is 14.0. The highest BCUT2D eigenvalue weighted by Gasteiger charge is 2.18. The Bertz CT molecular complexity index is 820. The summed E-state index contributed by atoms with van der Waals surface area (Å²) in [4.78, 5) is 24.3. The molecule has 0 amide bonds. The van der Waals surface area contributed by atoms with E-state index in [9.17, 15) is 24.9 Å². The summed E-state index contributed by atoms with van der Waals surface area (Å²) in [6.07, 6.45) is 33.8. The largest absolute Gasteiger partial charge is 0.462 e. The van der Waals surface area contributed by atoms with Gasteiger partial charge in [-0.2, -0.15) is 0 Å². The molecule has 0 saturated heterocycles. The van der Waals surface area contributed by atoms with Crippen LogP contribution in [0.1, 0.15) is 175 Å². The Balaban J connectivity index is 3.81. The number of rotatable bonds is 34. The summed E-state index contributed by atoms with van der Waals surface area (Å²) in [5.41, 5.74) is 0. The number of carbonyl (C=O) groups is 2. The number of carbonyl (C=O) groups excluding carboxylic acids is 2. The Morgan fingerprint density at radius 1 is 0.604 bits per heavy atom. The van der Waals surface area contributed by atoms with Crippen LogP contribution in [0.25, 0.3) is 0 Å². The van der Waals surface area contributed by atoms with Gasteiger partial charge >= 0.3 is 11.9 Å². The van der Waals surface area contributed by atoms with Crippen LogP contribution in [0.5, 0.6) is 0 Å². The highest BCUT2D eigenvalue weighted by Crippen LogP contribution is 2.15. The van der Waals surface area contributed by atoms with Crippen molar-refractivity contribution in [2.45, 2.75) is 193 Å². The van der Waals surface area contributed by atoms with E-state index in [0.717, 1.165) is 44.4 Å². The maximum Gasteiger partial charge on any atom is 0.306 e. The Morgan fingerprint density at radius 3 is 1.73 bits per heavy atom. The molecule has 0 bridgehead atoms. The summed E-state index contributed by atoms with van der Waals surface area (Å²) in [5, 5.41) is 30.0. The maximum absolute atomic E-state index is 12.2. The Labute approximate surface area is 294 Å². The Kier molecular flexibility index (Phi) is 33.5. The number of ether oxygens (including phenoxy) is 2. The van der Waals surface area contributed by atoms with Crippen LogP contribution in [0, 0.1) is 5.92 Å². The highest BCUT2D eigenvalue weighted by molar-refractivity contribution is 5.70. The fourth-order valence-corrected chi connectivity index (χ4v) is 5.43. The molecule has 0 rings (SSSR count). The molecule has 0 aliphatic rings. The lowest BCUT2D eigenvalue weighted by atomic mass is 10.0. The van der Waals surface area contributed by atoms with Crippen molar-refractivity contribution < 1.29 is 34.4 Å². The molecular formula is C41H74O7. The average molecular weight is 679 g/mol. The van der Waals surface area contributed by atoms with E-state index in [0.29, 0.717) is 19.3 Å². The van der Waals surface area contributed by atoms with Crippen LogP contribution < -0.4 is 0 Å². The number of unbranched alkanes of at least 4 members (excludes halogenated alkanes) is 14. The molecular weight excluding hydrogens is 604 g/mol. The first-order valence-electron chi connectivity index (χ1n) is 19.6. The van der Waals surface area contributed by atoms with Gasteiger partial charge in [-0.15, -0.1) is 0 Å². The second-order valence-electron chi connectivity index (χ2n) is 13.8. The molecule has 0 fully saturated rings. The average Bonchev–Trinajstić information content (AvgIpc) is 3.06. The molecule has 0 saturated carbocycles. The topological polar surface area (TPSA) is 113 Å². The van der Waals surface area contributed by atoms with Crippen LogP contribution in [-0.2, 0) is 19.1 Å². The van der Waals surface area contributed by atoms with E-state index in [1.54, 1.807) is 0 Å². The van der Waals surface area contributed by atoms with Crippen molar-refractivity contribution in [2.24, 2.45) is 5.92 Å². The van der Waals surface area contributed by atoms with Crippen molar-refractivity contribution in [1.82, 2.24) is 0 Å². The molecule has 48 heavy (non-hydrogen) atoms. The zero-order valence-electron chi connectivity index (χ0n) is 31.1. The number of aliphatic hydroxyl groups is 3. The minimum Gasteiger partial charge on any atom is -0.462 e. The van der Waals surface area contributed by atoms with Crippen LogP contribution in [0.3, 0.4) is 0 Å². The van der Waals surface area contributed by atoms with E-state index in [4.69, 9.17) is 9.47 Å². The molecule has 7 heteroatoms. The molecule has 0 spiro atoms. The van der Waals surface area contributed by atoms with E-state index in [1.807, 2.05) is 12.2 Å². The van der Waals surface area contributed by atoms with Gasteiger partial charge in [0, 0.05) is 12.8 Å². The predicted molar refractivity (Wildman–Crippen MR) is 199 cm³/mol. The molecule has 0 aromatic carbocycles. The van der Waals surface area contributed by atoms with Crippen LogP contribution >= 0.6 is 0 Å². The maximum atomic E-state index is 12.2. The smallest absolute Gasteiger partial charge is 0.306 e. The summed E-state index contributed by atoms with van der Waals surface area (Å²) in [7, 11) is 0. The molecule has 3 N–H and O–H groups in total. The fraction of sp³-hybridized carbons (Fsp3) is 0.805. The van der Waals surface area contributed by atoms with E-state index >= 15 is 0 Å². The molecule has 0 aliphatic heterocycles. The van der Waals surface area contributed by atoms with Crippen molar-refractivity contribution >= 4 is 11.9 Å². The van der Waals surface area contributed by atoms with E-state index < -0.39 is 30.9 Å². The number of aliphatic hydroxyl groups excluding tert-OH is 3. The first-order valence-corrected chi connectivity index (χ1v) is 19.6.